The van der Waals surface area contributed by atoms with Gasteiger partial charge in [0.05, 0.1) is 11.4 Å². The van der Waals surface area contributed by atoms with Crippen LogP contribution < -0.4 is 16.0 Å². The summed E-state index contributed by atoms with van der Waals surface area (Å²) in [5, 5.41) is 3.64. The topological polar surface area (TPSA) is 41.3 Å². The molecule has 1 aromatic carbocycles. The Balaban J connectivity index is 2.39. The summed E-state index contributed by atoms with van der Waals surface area (Å²) in [7, 11) is 4.14. The van der Waals surface area contributed by atoms with Crippen molar-refractivity contribution in [1.29, 1.82) is 0 Å². The van der Waals surface area contributed by atoms with E-state index in [4.69, 9.17) is 5.73 Å². The van der Waals surface area contributed by atoms with Crippen molar-refractivity contribution in [3.05, 3.63) is 17.7 Å². The molecule has 2 unspecified atom stereocenters. The molecule has 1 aliphatic rings. The third kappa shape index (κ3) is 2.26. The van der Waals surface area contributed by atoms with Gasteiger partial charge in [0, 0.05) is 31.7 Å². The molecular formula is C15H25N3. The van der Waals surface area contributed by atoms with Crippen molar-refractivity contribution in [2.24, 2.45) is 0 Å². The molecule has 0 fully saturated rings. The third-order valence-electron chi connectivity index (χ3n) is 3.90. The zero-order valence-corrected chi connectivity index (χ0v) is 12.0. The molecule has 2 rings (SSSR count). The number of nitrogens with zero attached hydrogens (tertiary/aromatic N) is 1. The van der Waals surface area contributed by atoms with Gasteiger partial charge in [-0.25, -0.2) is 0 Å². The van der Waals surface area contributed by atoms with Crippen LogP contribution in [-0.2, 0) is 0 Å². The van der Waals surface area contributed by atoms with Crippen molar-refractivity contribution in [2.75, 3.05) is 30.0 Å². The molecule has 0 radical (unpaired) electrons. The highest BCUT2D eigenvalue weighted by Crippen LogP contribution is 2.45. The van der Waals surface area contributed by atoms with Gasteiger partial charge in [0.2, 0.25) is 0 Å². The minimum absolute atomic E-state index is 0.507. The minimum atomic E-state index is 0.507. The second-order valence-corrected chi connectivity index (χ2v) is 5.58. The number of hydrogen-bond donors (Lipinski definition) is 2. The lowest BCUT2D eigenvalue weighted by atomic mass is 9.90. The summed E-state index contributed by atoms with van der Waals surface area (Å²) in [6.07, 6.45) is 3.78. The van der Waals surface area contributed by atoms with Crippen molar-refractivity contribution in [3.8, 4) is 0 Å². The van der Waals surface area contributed by atoms with Gasteiger partial charge in [0.25, 0.3) is 0 Å². The van der Waals surface area contributed by atoms with Gasteiger partial charge in [-0.15, -0.1) is 0 Å². The van der Waals surface area contributed by atoms with E-state index in [1.807, 2.05) is 0 Å². The van der Waals surface area contributed by atoms with Crippen LogP contribution in [0.5, 0.6) is 0 Å². The number of fused-ring (bicyclic) bond motifs is 1. The maximum atomic E-state index is 6.05. The van der Waals surface area contributed by atoms with Gasteiger partial charge in [-0.1, -0.05) is 19.8 Å². The maximum Gasteiger partial charge on any atom is 0.0620 e. The highest BCUT2D eigenvalue weighted by Gasteiger charge is 2.30. The normalized spacial score (nSPS) is 21.6. The van der Waals surface area contributed by atoms with Crippen molar-refractivity contribution < 1.29 is 0 Å². The summed E-state index contributed by atoms with van der Waals surface area (Å²) >= 11 is 0. The Hall–Kier alpha value is -1.38. The predicted octanol–water partition coefficient (Wildman–Crippen LogP) is 3.42. The van der Waals surface area contributed by atoms with Crippen LogP contribution in [0.1, 0.15) is 44.6 Å². The van der Waals surface area contributed by atoms with Gasteiger partial charge in [-0.3, -0.25) is 0 Å². The summed E-state index contributed by atoms with van der Waals surface area (Å²) in [6.45, 7) is 4.52. The fourth-order valence-corrected chi connectivity index (χ4v) is 2.90. The molecule has 0 amide bonds. The van der Waals surface area contributed by atoms with Gasteiger partial charge in [0.1, 0.15) is 0 Å². The van der Waals surface area contributed by atoms with E-state index in [0.717, 1.165) is 5.69 Å². The Morgan fingerprint density at radius 1 is 1.33 bits per heavy atom. The van der Waals surface area contributed by atoms with Gasteiger partial charge in [0.15, 0.2) is 0 Å². The number of benzene rings is 1. The molecule has 1 heterocycles. The summed E-state index contributed by atoms with van der Waals surface area (Å²) < 4.78 is 0. The maximum absolute atomic E-state index is 6.05. The van der Waals surface area contributed by atoms with Crippen molar-refractivity contribution in [2.45, 2.75) is 45.1 Å². The van der Waals surface area contributed by atoms with Crippen LogP contribution in [0.25, 0.3) is 0 Å². The van der Waals surface area contributed by atoms with E-state index in [1.54, 1.807) is 0 Å². The molecule has 100 valence electrons. The molecule has 0 bridgehead atoms. The molecule has 3 N–H and O–H groups in total. The molecule has 18 heavy (non-hydrogen) atoms. The fraction of sp³-hybridized carbons (Fsp3) is 0.600. The summed E-state index contributed by atoms with van der Waals surface area (Å²) in [4.78, 5) is 2.14. The predicted molar refractivity (Wildman–Crippen MR) is 80.5 cm³/mol. The third-order valence-corrected chi connectivity index (χ3v) is 3.90. The van der Waals surface area contributed by atoms with Crippen molar-refractivity contribution >= 4 is 17.1 Å². The Bertz CT molecular complexity index is 426. The van der Waals surface area contributed by atoms with Gasteiger partial charge < -0.3 is 16.0 Å². The molecule has 0 aromatic heterocycles. The van der Waals surface area contributed by atoms with Crippen LogP contribution in [-0.4, -0.2) is 20.1 Å². The fourth-order valence-electron chi connectivity index (χ4n) is 2.90. The van der Waals surface area contributed by atoms with Crippen LogP contribution in [0.15, 0.2) is 12.1 Å². The average Bonchev–Trinajstić information content (AvgIpc) is 2.61. The lowest BCUT2D eigenvalue weighted by Crippen LogP contribution is -2.16. The highest BCUT2D eigenvalue weighted by atomic mass is 15.1. The highest BCUT2D eigenvalue weighted by molar-refractivity contribution is 5.80. The molecule has 0 spiro atoms. The Morgan fingerprint density at radius 2 is 2.06 bits per heavy atom. The number of anilines is 3. The smallest absolute Gasteiger partial charge is 0.0620 e. The van der Waals surface area contributed by atoms with Crippen LogP contribution in [0, 0.1) is 0 Å². The summed E-state index contributed by atoms with van der Waals surface area (Å²) in [6, 6.07) is 4.71. The molecule has 0 saturated heterocycles. The number of nitrogens with two attached hydrogens (primary N) is 1. The van der Waals surface area contributed by atoms with Gasteiger partial charge in [-0.05, 0) is 31.0 Å². The Kier molecular flexibility index (Phi) is 3.69. The molecule has 0 saturated carbocycles. The standard InChI is InChI=1S/C15H25N3/c1-5-6-7-12-10(2)17-15-13(12)8-11(16)9-14(15)18(3)4/h8-10,12,17H,5-7,16H2,1-4H3. The average molecular weight is 247 g/mol. The Morgan fingerprint density at radius 3 is 2.67 bits per heavy atom. The van der Waals surface area contributed by atoms with Crippen molar-refractivity contribution in [1.82, 2.24) is 0 Å². The van der Waals surface area contributed by atoms with Crippen LogP contribution in [0.2, 0.25) is 0 Å². The van der Waals surface area contributed by atoms with E-state index < -0.39 is 0 Å². The first kappa shape index (κ1) is 13.1. The zero-order chi connectivity index (χ0) is 13.3. The van der Waals surface area contributed by atoms with E-state index in [2.05, 4.69) is 50.3 Å². The second kappa shape index (κ2) is 5.09. The van der Waals surface area contributed by atoms with Gasteiger partial charge >= 0.3 is 0 Å². The number of rotatable bonds is 4. The molecule has 1 aromatic rings. The number of hydrogen-bond acceptors (Lipinski definition) is 3. The quantitative estimate of drug-likeness (QED) is 0.801. The largest absolute Gasteiger partial charge is 0.399 e. The number of nitrogens with one attached hydrogen (secondary N) is 1. The molecule has 0 aliphatic carbocycles. The van der Waals surface area contributed by atoms with E-state index in [0.29, 0.717) is 12.0 Å². The van der Waals surface area contributed by atoms with Crippen LogP contribution >= 0.6 is 0 Å². The number of unbranched alkanes of at least 4 members (excludes halogenated alkanes) is 1. The van der Waals surface area contributed by atoms with Gasteiger partial charge in [-0.2, -0.15) is 0 Å². The molecule has 3 heteroatoms. The van der Waals surface area contributed by atoms with Crippen LogP contribution in [0.4, 0.5) is 17.1 Å². The molecule has 2 atom stereocenters. The van der Waals surface area contributed by atoms with Crippen molar-refractivity contribution in [3.63, 3.8) is 0 Å². The van der Waals surface area contributed by atoms with E-state index >= 15 is 0 Å². The second-order valence-electron chi connectivity index (χ2n) is 5.58. The number of nitrogen functional groups attached to an aromatic ring is 1. The van der Waals surface area contributed by atoms with E-state index in [9.17, 15) is 0 Å². The monoisotopic (exact) mass is 247 g/mol. The molecule has 3 nitrogen and oxygen atoms in total. The first-order valence-corrected chi connectivity index (χ1v) is 6.91. The first-order chi connectivity index (χ1) is 8.54. The van der Waals surface area contributed by atoms with E-state index in [-0.39, 0.29) is 0 Å². The summed E-state index contributed by atoms with van der Waals surface area (Å²) in [5.41, 5.74) is 10.8. The lowest BCUT2D eigenvalue weighted by Gasteiger charge is -2.18. The van der Waals surface area contributed by atoms with E-state index in [1.165, 1.54) is 36.2 Å². The SMILES string of the molecule is CCCCC1c2cc(N)cc(N(C)C)c2NC1C. The first-order valence-electron chi connectivity index (χ1n) is 6.91. The van der Waals surface area contributed by atoms with Crippen LogP contribution in [0.3, 0.4) is 0 Å². The lowest BCUT2D eigenvalue weighted by molar-refractivity contribution is 0.553. The zero-order valence-electron chi connectivity index (χ0n) is 12.0. The minimum Gasteiger partial charge on any atom is -0.399 e. The molecule has 1 aliphatic heterocycles. The summed E-state index contributed by atoms with van der Waals surface area (Å²) in [5.74, 6) is 0.599. The molecular weight excluding hydrogens is 222 g/mol. The Labute approximate surface area is 110 Å².